The van der Waals surface area contributed by atoms with E-state index in [2.05, 4.69) is 10.1 Å². The highest BCUT2D eigenvalue weighted by atomic mass is 32.1. The van der Waals surface area contributed by atoms with Crippen LogP contribution < -0.4 is 5.32 Å². The Bertz CT molecular complexity index is 487. The molecule has 1 rings (SSSR count). The Kier molecular flexibility index (Phi) is 6.87. The average molecular weight is 312 g/mol. The molecule has 0 radical (unpaired) electrons. The average Bonchev–Trinajstić information content (AvgIpc) is 3.00. The van der Waals surface area contributed by atoms with Crippen LogP contribution >= 0.6 is 11.3 Å². The molecule has 21 heavy (non-hydrogen) atoms. The van der Waals surface area contributed by atoms with Crippen LogP contribution in [-0.4, -0.2) is 49.9 Å². The lowest BCUT2D eigenvalue weighted by Crippen LogP contribution is -2.36. The first-order valence-corrected chi connectivity index (χ1v) is 7.47. The molecular weight excluding hydrogens is 292 g/mol. The van der Waals surface area contributed by atoms with Gasteiger partial charge in [0.15, 0.2) is 0 Å². The number of carbonyl (C=O) groups excluding carboxylic acids is 3. The van der Waals surface area contributed by atoms with Crippen LogP contribution in [0.4, 0.5) is 0 Å². The van der Waals surface area contributed by atoms with Gasteiger partial charge in [-0.25, -0.2) is 0 Å². The largest absolute Gasteiger partial charge is 0.469 e. The molecule has 1 N–H and O–H groups in total. The van der Waals surface area contributed by atoms with Crippen molar-refractivity contribution >= 4 is 29.1 Å². The Balaban J connectivity index is 2.30. The van der Waals surface area contributed by atoms with Gasteiger partial charge in [0.1, 0.15) is 0 Å². The molecule has 0 aliphatic rings. The third-order valence-corrected chi connectivity index (χ3v) is 3.82. The molecule has 1 heterocycles. The van der Waals surface area contributed by atoms with E-state index in [0.717, 1.165) is 0 Å². The second-order valence-corrected chi connectivity index (χ2v) is 5.63. The van der Waals surface area contributed by atoms with E-state index >= 15 is 0 Å². The fraction of sp³-hybridized carbons (Fsp3) is 0.500. The lowest BCUT2D eigenvalue weighted by atomic mass is 10.1. The fourth-order valence-electron chi connectivity index (χ4n) is 1.76. The maximum atomic E-state index is 11.9. The van der Waals surface area contributed by atoms with Crippen molar-refractivity contribution in [3.63, 3.8) is 0 Å². The number of hydrogen-bond acceptors (Lipinski definition) is 5. The van der Waals surface area contributed by atoms with E-state index in [1.54, 1.807) is 26.1 Å². The van der Waals surface area contributed by atoms with Crippen molar-refractivity contribution in [3.8, 4) is 0 Å². The summed E-state index contributed by atoms with van der Waals surface area (Å²) in [5.74, 6) is -1.02. The summed E-state index contributed by atoms with van der Waals surface area (Å²) in [6.07, 6.45) is 0.196. The van der Waals surface area contributed by atoms with Crippen molar-refractivity contribution in [2.45, 2.75) is 13.3 Å². The van der Waals surface area contributed by atoms with Crippen LogP contribution in [0.15, 0.2) is 17.5 Å². The van der Waals surface area contributed by atoms with Crippen LogP contribution in [0.2, 0.25) is 0 Å². The maximum Gasteiger partial charge on any atom is 0.310 e. The minimum atomic E-state index is -0.371. The molecule has 6 nitrogen and oxygen atoms in total. The third-order valence-electron chi connectivity index (χ3n) is 2.95. The Morgan fingerprint density at radius 3 is 2.71 bits per heavy atom. The molecule has 1 aromatic heterocycles. The fourth-order valence-corrected chi connectivity index (χ4v) is 2.40. The van der Waals surface area contributed by atoms with Crippen LogP contribution in [0, 0.1) is 5.92 Å². The number of rotatable bonds is 7. The Morgan fingerprint density at radius 2 is 2.14 bits per heavy atom. The van der Waals surface area contributed by atoms with Gasteiger partial charge in [0.05, 0.1) is 17.9 Å². The third kappa shape index (κ3) is 5.55. The number of methoxy groups -OCH3 is 1. The summed E-state index contributed by atoms with van der Waals surface area (Å²) in [6, 6.07) is 3.53. The molecule has 1 unspecified atom stereocenters. The van der Waals surface area contributed by atoms with Gasteiger partial charge in [-0.3, -0.25) is 14.4 Å². The van der Waals surface area contributed by atoms with Crippen LogP contribution in [0.5, 0.6) is 0 Å². The van der Waals surface area contributed by atoms with Gasteiger partial charge in [-0.2, -0.15) is 0 Å². The van der Waals surface area contributed by atoms with Crippen molar-refractivity contribution in [2.24, 2.45) is 5.92 Å². The number of carbonyl (C=O) groups is 3. The summed E-state index contributed by atoms with van der Waals surface area (Å²) < 4.78 is 4.61. The molecular formula is C14H20N2O4S. The summed E-state index contributed by atoms with van der Waals surface area (Å²) in [7, 11) is 2.95. The van der Waals surface area contributed by atoms with E-state index in [1.807, 2.05) is 5.38 Å². The van der Waals surface area contributed by atoms with E-state index in [1.165, 1.54) is 23.3 Å². The van der Waals surface area contributed by atoms with Crippen LogP contribution in [0.1, 0.15) is 23.0 Å². The van der Waals surface area contributed by atoms with E-state index in [-0.39, 0.29) is 36.7 Å². The summed E-state index contributed by atoms with van der Waals surface area (Å²) >= 11 is 1.35. The minimum absolute atomic E-state index is 0.128. The number of nitrogens with zero attached hydrogens (tertiary/aromatic N) is 1. The summed E-state index contributed by atoms with van der Waals surface area (Å²) in [5, 5.41) is 4.51. The first-order valence-electron chi connectivity index (χ1n) is 6.59. The van der Waals surface area contributed by atoms with Gasteiger partial charge in [0, 0.05) is 26.6 Å². The molecule has 0 aliphatic carbocycles. The summed E-state index contributed by atoms with van der Waals surface area (Å²) in [6.45, 7) is 2.27. The SMILES string of the molecule is COC(=O)C(C)CN(C)C(=O)CCNC(=O)c1cccs1. The monoisotopic (exact) mass is 312 g/mol. The first kappa shape index (κ1) is 17.2. The number of thiophene rings is 1. The quantitative estimate of drug-likeness (QED) is 0.766. The predicted octanol–water partition coefficient (Wildman–Crippen LogP) is 1.14. The number of nitrogens with one attached hydrogen (secondary N) is 1. The summed E-state index contributed by atoms with van der Waals surface area (Å²) in [5.41, 5.74) is 0. The van der Waals surface area contributed by atoms with Gasteiger partial charge in [0.2, 0.25) is 5.91 Å². The van der Waals surface area contributed by atoms with Crippen molar-refractivity contribution in [1.29, 1.82) is 0 Å². The summed E-state index contributed by atoms with van der Waals surface area (Å²) in [4.78, 5) is 36.9. The molecule has 116 valence electrons. The van der Waals surface area contributed by atoms with Gasteiger partial charge in [-0.15, -0.1) is 11.3 Å². The standard InChI is InChI=1S/C14H20N2O4S/c1-10(14(19)20-3)9-16(2)12(17)6-7-15-13(18)11-5-4-8-21-11/h4-5,8,10H,6-7,9H2,1-3H3,(H,15,18). The van der Waals surface area contributed by atoms with Crippen molar-refractivity contribution < 1.29 is 19.1 Å². The van der Waals surface area contributed by atoms with Crippen molar-refractivity contribution in [1.82, 2.24) is 10.2 Å². The van der Waals surface area contributed by atoms with Crippen LogP contribution in [0.3, 0.4) is 0 Å². The highest BCUT2D eigenvalue weighted by Gasteiger charge is 2.18. The highest BCUT2D eigenvalue weighted by Crippen LogP contribution is 2.07. The van der Waals surface area contributed by atoms with E-state index < -0.39 is 0 Å². The zero-order valence-corrected chi connectivity index (χ0v) is 13.2. The lowest BCUT2D eigenvalue weighted by Gasteiger charge is -2.20. The molecule has 7 heteroatoms. The minimum Gasteiger partial charge on any atom is -0.469 e. The number of amides is 2. The Labute approximate surface area is 128 Å². The Morgan fingerprint density at radius 1 is 1.43 bits per heavy atom. The van der Waals surface area contributed by atoms with Gasteiger partial charge in [-0.1, -0.05) is 13.0 Å². The van der Waals surface area contributed by atoms with Gasteiger partial charge >= 0.3 is 5.97 Å². The number of hydrogen-bond donors (Lipinski definition) is 1. The molecule has 2 amide bonds. The van der Waals surface area contributed by atoms with Crippen LogP contribution in [0.25, 0.3) is 0 Å². The maximum absolute atomic E-state index is 11.9. The van der Waals surface area contributed by atoms with Crippen LogP contribution in [-0.2, 0) is 14.3 Å². The zero-order chi connectivity index (χ0) is 15.8. The van der Waals surface area contributed by atoms with E-state index in [4.69, 9.17) is 0 Å². The normalized spacial score (nSPS) is 11.6. The highest BCUT2D eigenvalue weighted by molar-refractivity contribution is 7.12. The van der Waals surface area contributed by atoms with Crippen molar-refractivity contribution in [3.05, 3.63) is 22.4 Å². The number of esters is 1. The molecule has 0 saturated carbocycles. The molecule has 0 spiro atoms. The molecule has 0 bridgehead atoms. The van der Waals surface area contributed by atoms with E-state index in [0.29, 0.717) is 11.4 Å². The molecule has 1 aromatic rings. The van der Waals surface area contributed by atoms with Crippen molar-refractivity contribution in [2.75, 3.05) is 27.2 Å². The second kappa shape index (κ2) is 8.41. The second-order valence-electron chi connectivity index (χ2n) is 4.68. The molecule has 1 atom stereocenters. The van der Waals surface area contributed by atoms with Gasteiger partial charge < -0.3 is 15.0 Å². The molecule has 0 aliphatic heterocycles. The topological polar surface area (TPSA) is 75.7 Å². The van der Waals surface area contributed by atoms with Gasteiger partial charge in [0.25, 0.3) is 5.91 Å². The molecule has 0 aromatic carbocycles. The zero-order valence-electron chi connectivity index (χ0n) is 12.4. The number of ether oxygens (including phenoxy) is 1. The smallest absolute Gasteiger partial charge is 0.310 e. The Hall–Kier alpha value is -1.89. The molecule has 0 saturated heterocycles. The van der Waals surface area contributed by atoms with Gasteiger partial charge in [-0.05, 0) is 11.4 Å². The lowest BCUT2D eigenvalue weighted by molar-refractivity contribution is -0.146. The first-order chi connectivity index (χ1) is 9.95. The molecule has 0 fully saturated rings. The van der Waals surface area contributed by atoms with E-state index in [9.17, 15) is 14.4 Å². The predicted molar refractivity (Wildman–Crippen MR) is 80.1 cm³/mol.